The maximum absolute atomic E-state index is 13.2. The summed E-state index contributed by atoms with van der Waals surface area (Å²) >= 11 is 0. The van der Waals surface area contributed by atoms with Crippen LogP contribution < -0.4 is 27.4 Å². The van der Waals surface area contributed by atoms with Crippen molar-refractivity contribution in [2.24, 2.45) is 11.5 Å². The molecule has 0 bridgehead atoms. The Hall–Kier alpha value is -4.49. The fourth-order valence-corrected chi connectivity index (χ4v) is 3.45. The first kappa shape index (κ1) is 29.7. The number of hydrogen-bond acceptors (Lipinski definition) is 8. The van der Waals surface area contributed by atoms with E-state index in [0.717, 1.165) is 0 Å². The quantitative estimate of drug-likeness (QED) is 0.134. The van der Waals surface area contributed by atoms with Gasteiger partial charge in [-0.25, -0.2) is 4.79 Å². The second kappa shape index (κ2) is 14.3. The molecule has 4 amide bonds. The van der Waals surface area contributed by atoms with Crippen LogP contribution in [0.5, 0.6) is 5.75 Å². The fraction of sp³-hybridized carbons (Fsp3) is 0.320. The van der Waals surface area contributed by atoms with Gasteiger partial charge in [0.15, 0.2) is 0 Å². The van der Waals surface area contributed by atoms with Gasteiger partial charge in [-0.15, -0.1) is 0 Å². The number of primary amides is 1. The summed E-state index contributed by atoms with van der Waals surface area (Å²) in [6.45, 7) is -0.861. The number of nitrogens with two attached hydrogens (primary N) is 2. The molecule has 2 aromatic carbocycles. The molecule has 13 nitrogen and oxygen atoms in total. The highest BCUT2D eigenvalue weighted by Gasteiger charge is 2.30. The highest BCUT2D eigenvalue weighted by Crippen LogP contribution is 2.12. The molecule has 0 saturated heterocycles. The summed E-state index contributed by atoms with van der Waals surface area (Å²) in [6, 6.07) is 8.85. The Bertz CT molecular complexity index is 1130. The van der Waals surface area contributed by atoms with Crippen LogP contribution in [0.2, 0.25) is 0 Å². The predicted molar refractivity (Wildman–Crippen MR) is 134 cm³/mol. The monoisotopic (exact) mass is 529 g/mol. The first-order chi connectivity index (χ1) is 18.0. The molecule has 10 N–H and O–H groups in total. The first-order valence-electron chi connectivity index (χ1n) is 11.6. The van der Waals surface area contributed by atoms with E-state index in [4.69, 9.17) is 11.5 Å². The van der Waals surface area contributed by atoms with Gasteiger partial charge in [-0.3, -0.25) is 19.2 Å². The van der Waals surface area contributed by atoms with Gasteiger partial charge in [-0.2, -0.15) is 0 Å². The van der Waals surface area contributed by atoms with E-state index >= 15 is 0 Å². The lowest BCUT2D eigenvalue weighted by molar-refractivity contribution is -0.142. The molecule has 0 radical (unpaired) electrons. The van der Waals surface area contributed by atoms with Gasteiger partial charge < -0.3 is 42.7 Å². The molecule has 0 aromatic heterocycles. The maximum atomic E-state index is 13.2. The van der Waals surface area contributed by atoms with Crippen molar-refractivity contribution in [3.63, 3.8) is 0 Å². The highest BCUT2D eigenvalue weighted by atomic mass is 16.4. The number of carboxylic acid groups (broad SMARTS) is 1. The lowest BCUT2D eigenvalue weighted by Gasteiger charge is -2.24. The lowest BCUT2D eigenvalue weighted by atomic mass is 10.0. The zero-order valence-electron chi connectivity index (χ0n) is 20.4. The molecule has 13 heteroatoms. The lowest BCUT2D eigenvalue weighted by Crippen LogP contribution is -2.58. The van der Waals surface area contributed by atoms with Gasteiger partial charge in [-0.05, 0) is 23.3 Å². The molecule has 0 fully saturated rings. The van der Waals surface area contributed by atoms with Gasteiger partial charge in [0.2, 0.25) is 23.6 Å². The average Bonchev–Trinajstić information content (AvgIpc) is 2.87. The van der Waals surface area contributed by atoms with Gasteiger partial charge in [0, 0.05) is 12.8 Å². The number of nitrogens with one attached hydrogen (secondary N) is 3. The zero-order valence-corrected chi connectivity index (χ0v) is 20.4. The second-order valence-electron chi connectivity index (χ2n) is 8.54. The van der Waals surface area contributed by atoms with E-state index in [1.165, 1.54) is 24.3 Å². The van der Waals surface area contributed by atoms with Crippen LogP contribution in [0.4, 0.5) is 0 Å². The minimum absolute atomic E-state index is 0.0190. The number of phenolic OH excluding ortho intramolecular Hbond substituents is 1. The summed E-state index contributed by atoms with van der Waals surface area (Å²) in [4.78, 5) is 61.1. The molecule has 2 rings (SSSR count). The van der Waals surface area contributed by atoms with Crippen molar-refractivity contribution in [2.75, 3.05) is 6.61 Å². The third kappa shape index (κ3) is 9.52. The Labute approximate surface area is 218 Å². The van der Waals surface area contributed by atoms with E-state index in [1.807, 2.05) is 0 Å². The van der Waals surface area contributed by atoms with Crippen LogP contribution in [0, 0.1) is 0 Å². The summed E-state index contributed by atoms with van der Waals surface area (Å²) in [7, 11) is 0. The highest BCUT2D eigenvalue weighted by molar-refractivity contribution is 5.95. The molecule has 38 heavy (non-hydrogen) atoms. The van der Waals surface area contributed by atoms with Crippen molar-refractivity contribution in [2.45, 2.75) is 43.4 Å². The number of amides is 4. The first-order valence-corrected chi connectivity index (χ1v) is 11.6. The number of carbonyl (C=O) groups is 5. The molecular weight excluding hydrogens is 498 g/mol. The number of benzene rings is 2. The smallest absolute Gasteiger partial charge is 0.326 e. The molecule has 0 aliphatic carbocycles. The number of aliphatic hydroxyl groups is 1. The van der Waals surface area contributed by atoms with E-state index < -0.39 is 66.8 Å². The third-order valence-corrected chi connectivity index (χ3v) is 5.48. The molecular formula is C25H31N5O8. The van der Waals surface area contributed by atoms with Crippen molar-refractivity contribution >= 4 is 29.6 Å². The van der Waals surface area contributed by atoms with Crippen molar-refractivity contribution in [1.82, 2.24) is 16.0 Å². The minimum Gasteiger partial charge on any atom is -0.508 e. The number of rotatable bonds is 14. The van der Waals surface area contributed by atoms with Crippen LogP contribution >= 0.6 is 0 Å². The van der Waals surface area contributed by atoms with Gasteiger partial charge >= 0.3 is 5.97 Å². The second-order valence-corrected chi connectivity index (χ2v) is 8.54. The minimum atomic E-state index is -1.53. The third-order valence-electron chi connectivity index (χ3n) is 5.48. The number of phenols is 1. The molecule has 0 aliphatic rings. The Balaban J connectivity index is 2.20. The fourth-order valence-electron chi connectivity index (χ4n) is 3.45. The molecule has 0 spiro atoms. The van der Waals surface area contributed by atoms with Gasteiger partial charge in [0.1, 0.15) is 23.9 Å². The van der Waals surface area contributed by atoms with E-state index in [2.05, 4.69) is 16.0 Å². The van der Waals surface area contributed by atoms with Crippen LogP contribution in [0.3, 0.4) is 0 Å². The van der Waals surface area contributed by atoms with E-state index in [1.54, 1.807) is 30.3 Å². The molecule has 0 aliphatic heterocycles. The standard InChI is InChI=1S/C25H31N5O8/c26-17(12-21(27)33)22(34)30-20(13-31)24(36)28-18(10-15-6-8-16(32)9-7-15)23(35)29-19(25(37)38)11-14-4-2-1-3-5-14/h1-9,17-20,31-32H,10-13,26H2,(H2,27,33)(H,28,36)(H,29,35)(H,30,34)(H,37,38). The Morgan fingerprint density at radius 1 is 0.737 bits per heavy atom. The van der Waals surface area contributed by atoms with Crippen LogP contribution in [0.1, 0.15) is 17.5 Å². The molecule has 2 aromatic rings. The van der Waals surface area contributed by atoms with Crippen molar-refractivity contribution in [1.29, 1.82) is 0 Å². The van der Waals surface area contributed by atoms with Gasteiger partial charge in [-0.1, -0.05) is 42.5 Å². The van der Waals surface area contributed by atoms with E-state index in [9.17, 15) is 39.3 Å². The normalized spacial score (nSPS) is 13.8. The average molecular weight is 530 g/mol. The summed E-state index contributed by atoms with van der Waals surface area (Å²) in [5.41, 5.74) is 11.8. The predicted octanol–water partition coefficient (Wildman–Crippen LogP) is -2.09. The Kier molecular flexibility index (Phi) is 11.2. The largest absolute Gasteiger partial charge is 0.508 e. The van der Waals surface area contributed by atoms with Crippen molar-refractivity contribution in [3.8, 4) is 5.75 Å². The molecule has 0 heterocycles. The van der Waals surface area contributed by atoms with Gasteiger partial charge in [0.05, 0.1) is 19.1 Å². The van der Waals surface area contributed by atoms with Crippen molar-refractivity contribution in [3.05, 3.63) is 65.7 Å². The van der Waals surface area contributed by atoms with E-state index in [-0.39, 0.29) is 18.6 Å². The van der Waals surface area contributed by atoms with Crippen LogP contribution in [0.15, 0.2) is 54.6 Å². The molecule has 4 unspecified atom stereocenters. The summed E-state index contributed by atoms with van der Waals surface area (Å²) in [6.07, 6.45) is -0.618. The van der Waals surface area contributed by atoms with Crippen molar-refractivity contribution < 1.29 is 39.3 Å². The summed E-state index contributed by atoms with van der Waals surface area (Å²) in [5, 5.41) is 35.8. The number of carboxylic acids is 1. The van der Waals surface area contributed by atoms with Crippen LogP contribution in [-0.2, 0) is 36.8 Å². The van der Waals surface area contributed by atoms with Crippen LogP contribution in [-0.4, -0.2) is 75.7 Å². The molecule has 4 atom stereocenters. The van der Waals surface area contributed by atoms with Crippen LogP contribution in [0.25, 0.3) is 0 Å². The van der Waals surface area contributed by atoms with E-state index in [0.29, 0.717) is 11.1 Å². The Morgan fingerprint density at radius 2 is 1.24 bits per heavy atom. The Morgan fingerprint density at radius 3 is 1.79 bits per heavy atom. The summed E-state index contributed by atoms with van der Waals surface area (Å²) < 4.78 is 0. The number of hydrogen-bond donors (Lipinski definition) is 8. The maximum Gasteiger partial charge on any atom is 0.326 e. The number of aromatic hydroxyl groups is 1. The molecule has 204 valence electrons. The topological polar surface area (TPSA) is 234 Å². The molecule has 0 saturated carbocycles. The SMILES string of the molecule is NC(=O)CC(N)C(=O)NC(CO)C(=O)NC(Cc1ccc(O)cc1)C(=O)NC(Cc1ccccc1)C(=O)O. The summed E-state index contributed by atoms with van der Waals surface area (Å²) in [5.74, 6) is -4.87. The zero-order chi connectivity index (χ0) is 28.2. The number of carbonyl (C=O) groups excluding carboxylic acids is 4. The number of aliphatic carboxylic acids is 1. The van der Waals surface area contributed by atoms with Gasteiger partial charge in [0.25, 0.3) is 0 Å². The number of aliphatic hydroxyl groups excluding tert-OH is 1.